The molecule has 3 heterocycles. The molecule has 0 spiro atoms. The second-order valence-electron chi connectivity index (χ2n) is 6.99. The predicted molar refractivity (Wildman–Crippen MR) is 133 cm³/mol. The Balaban J connectivity index is 1.42. The molecule has 1 fully saturated rings. The summed E-state index contributed by atoms with van der Waals surface area (Å²) in [5, 5.41) is 4.99. The van der Waals surface area contributed by atoms with Gasteiger partial charge in [-0.3, -0.25) is 19.3 Å². The van der Waals surface area contributed by atoms with Crippen molar-refractivity contribution in [3.8, 4) is 10.7 Å². The van der Waals surface area contributed by atoms with E-state index in [0.717, 1.165) is 27.1 Å². The highest BCUT2D eigenvalue weighted by atomic mass is 32.2. The Morgan fingerprint density at radius 3 is 2.64 bits per heavy atom. The van der Waals surface area contributed by atoms with Crippen molar-refractivity contribution in [2.24, 2.45) is 0 Å². The van der Waals surface area contributed by atoms with Crippen molar-refractivity contribution in [2.75, 3.05) is 19.3 Å². The Labute approximate surface area is 203 Å². The molecular formula is C23H20N4O3S3. The highest BCUT2D eigenvalue weighted by molar-refractivity contribution is 8.18. The smallest absolute Gasteiger partial charge is 0.293 e. The van der Waals surface area contributed by atoms with Gasteiger partial charge >= 0.3 is 0 Å². The molecule has 0 atom stereocenters. The standard InChI is InChI=1S/C23H20N4O3S3/c1-14-18(21(31-2)26-19(25-14)16-9-6-12-32-16)20(28)24-10-11-27-22(29)17(33-23(27)30)13-15-7-4-3-5-8-15/h3-9,12-13H,10-11H2,1-2H3,(H,24,28)/b17-13+. The molecule has 7 nitrogen and oxygen atoms in total. The maximum absolute atomic E-state index is 12.9. The first kappa shape index (κ1) is 23.2. The van der Waals surface area contributed by atoms with Crippen LogP contribution in [-0.4, -0.2) is 51.3 Å². The van der Waals surface area contributed by atoms with E-state index in [2.05, 4.69) is 15.3 Å². The molecule has 3 amide bonds. The number of carbonyl (C=O) groups excluding carboxylic acids is 3. The van der Waals surface area contributed by atoms with E-state index < -0.39 is 0 Å². The zero-order chi connectivity index (χ0) is 23.4. The summed E-state index contributed by atoms with van der Waals surface area (Å²) in [6, 6.07) is 13.2. The van der Waals surface area contributed by atoms with Gasteiger partial charge in [0.1, 0.15) is 5.03 Å². The molecule has 2 aromatic heterocycles. The zero-order valence-electron chi connectivity index (χ0n) is 17.9. The van der Waals surface area contributed by atoms with E-state index in [-0.39, 0.29) is 30.1 Å². The van der Waals surface area contributed by atoms with Crippen molar-refractivity contribution in [3.63, 3.8) is 0 Å². The molecule has 1 saturated heterocycles. The normalized spacial score (nSPS) is 14.8. The van der Waals surface area contributed by atoms with E-state index >= 15 is 0 Å². The third-order valence-corrected chi connectivity index (χ3v) is 7.27. The number of nitrogens with zero attached hydrogens (tertiary/aromatic N) is 3. The minimum absolute atomic E-state index is 0.0876. The molecule has 0 bridgehead atoms. The van der Waals surface area contributed by atoms with Crippen molar-refractivity contribution < 1.29 is 14.4 Å². The first-order valence-corrected chi connectivity index (χ1v) is 12.9. The minimum atomic E-state index is -0.354. The maximum Gasteiger partial charge on any atom is 0.293 e. The number of rotatable bonds is 7. The molecule has 33 heavy (non-hydrogen) atoms. The van der Waals surface area contributed by atoms with Gasteiger partial charge in [0, 0.05) is 13.1 Å². The molecule has 1 N–H and O–H groups in total. The maximum atomic E-state index is 12.9. The molecule has 0 aliphatic carbocycles. The van der Waals surface area contributed by atoms with Crippen LogP contribution < -0.4 is 5.32 Å². The Kier molecular flexibility index (Phi) is 7.26. The van der Waals surface area contributed by atoms with Crippen LogP contribution in [0.15, 0.2) is 57.8 Å². The molecule has 4 rings (SSSR count). The van der Waals surface area contributed by atoms with Crippen molar-refractivity contribution in [1.82, 2.24) is 20.2 Å². The fourth-order valence-electron chi connectivity index (χ4n) is 3.23. The van der Waals surface area contributed by atoms with Gasteiger partial charge in [-0.25, -0.2) is 9.97 Å². The average molecular weight is 497 g/mol. The van der Waals surface area contributed by atoms with Crippen LogP contribution in [0.4, 0.5) is 4.79 Å². The van der Waals surface area contributed by atoms with Crippen LogP contribution in [0.1, 0.15) is 21.6 Å². The monoisotopic (exact) mass is 496 g/mol. The average Bonchev–Trinajstić information content (AvgIpc) is 3.44. The molecule has 0 unspecified atom stereocenters. The lowest BCUT2D eigenvalue weighted by Crippen LogP contribution is -2.37. The lowest BCUT2D eigenvalue weighted by atomic mass is 10.2. The number of carbonyl (C=O) groups is 3. The highest BCUT2D eigenvalue weighted by Crippen LogP contribution is 2.32. The van der Waals surface area contributed by atoms with Crippen LogP contribution in [0.2, 0.25) is 0 Å². The largest absolute Gasteiger partial charge is 0.350 e. The van der Waals surface area contributed by atoms with Crippen LogP contribution in [0, 0.1) is 6.92 Å². The first-order chi connectivity index (χ1) is 16.0. The molecule has 0 radical (unpaired) electrons. The van der Waals surface area contributed by atoms with Crippen molar-refractivity contribution >= 4 is 58.0 Å². The molecule has 10 heteroatoms. The van der Waals surface area contributed by atoms with Gasteiger partial charge in [-0.1, -0.05) is 36.4 Å². The quantitative estimate of drug-likeness (QED) is 0.288. The molecule has 1 aromatic carbocycles. The third kappa shape index (κ3) is 5.18. The van der Waals surface area contributed by atoms with Crippen LogP contribution >= 0.6 is 34.9 Å². The summed E-state index contributed by atoms with van der Waals surface area (Å²) >= 11 is 3.81. The first-order valence-electron chi connectivity index (χ1n) is 10.0. The number of aryl methyl sites for hydroxylation is 1. The van der Waals surface area contributed by atoms with Gasteiger partial charge in [0.2, 0.25) is 0 Å². The van der Waals surface area contributed by atoms with Gasteiger partial charge in [0.25, 0.3) is 17.1 Å². The topological polar surface area (TPSA) is 92.3 Å². The summed E-state index contributed by atoms with van der Waals surface area (Å²) in [5.41, 5.74) is 1.83. The second kappa shape index (κ2) is 10.3. The van der Waals surface area contributed by atoms with Crippen LogP contribution in [0.5, 0.6) is 0 Å². The Bertz CT molecular complexity index is 1230. The molecule has 0 saturated carbocycles. The third-order valence-electron chi connectivity index (χ3n) is 4.81. The van der Waals surface area contributed by atoms with E-state index in [1.807, 2.05) is 54.1 Å². The van der Waals surface area contributed by atoms with E-state index in [9.17, 15) is 14.4 Å². The van der Waals surface area contributed by atoms with Gasteiger partial charge in [-0.2, -0.15) is 0 Å². The number of thioether (sulfide) groups is 2. The number of nitrogens with one attached hydrogen (secondary N) is 1. The summed E-state index contributed by atoms with van der Waals surface area (Å²) in [5.74, 6) is -0.0967. The number of amides is 3. The Morgan fingerprint density at radius 2 is 1.94 bits per heavy atom. The number of hydrogen-bond donors (Lipinski definition) is 1. The zero-order valence-corrected chi connectivity index (χ0v) is 20.4. The second-order valence-corrected chi connectivity index (χ2v) is 9.73. The summed E-state index contributed by atoms with van der Waals surface area (Å²) in [4.78, 5) is 49.4. The highest BCUT2D eigenvalue weighted by Gasteiger charge is 2.34. The van der Waals surface area contributed by atoms with Gasteiger partial charge in [0.15, 0.2) is 5.82 Å². The van der Waals surface area contributed by atoms with Gasteiger partial charge < -0.3 is 5.32 Å². The molecule has 1 aliphatic rings. The number of aromatic nitrogens is 2. The number of hydrogen-bond acceptors (Lipinski definition) is 8. The Hall–Kier alpha value is -2.95. The fourth-order valence-corrected chi connectivity index (χ4v) is 5.38. The van der Waals surface area contributed by atoms with E-state index in [1.54, 1.807) is 13.0 Å². The molecule has 3 aromatic rings. The SMILES string of the molecule is CSc1nc(-c2cccs2)nc(C)c1C(=O)NCCN1C(=O)S/C(=C/c2ccccc2)C1=O. The van der Waals surface area contributed by atoms with Crippen molar-refractivity contribution in [2.45, 2.75) is 11.9 Å². The molecular weight excluding hydrogens is 476 g/mol. The molecule has 168 valence electrons. The minimum Gasteiger partial charge on any atom is -0.350 e. The fraction of sp³-hybridized carbons (Fsp3) is 0.174. The predicted octanol–water partition coefficient (Wildman–Crippen LogP) is 4.70. The van der Waals surface area contributed by atoms with Crippen LogP contribution in [0.25, 0.3) is 16.8 Å². The number of thiophene rings is 1. The van der Waals surface area contributed by atoms with E-state index in [4.69, 9.17) is 0 Å². The molecule has 1 aliphatic heterocycles. The van der Waals surface area contributed by atoms with Crippen molar-refractivity contribution in [1.29, 1.82) is 0 Å². The van der Waals surface area contributed by atoms with E-state index in [1.165, 1.54) is 23.1 Å². The van der Waals surface area contributed by atoms with Gasteiger partial charge in [0.05, 0.1) is 21.0 Å². The van der Waals surface area contributed by atoms with Gasteiger partial charge in [-0.05, 0) is 48.0 Å². The lowest BCUT2D eigenvalue weighted by molar-refractivity contribution is -0.122. The summed E-state index contributed by atoms with van der Waals surface area (Å²) < 4.78 is 0. The summed E-state index contributed by atoms with van der Waals surface area (Å²) in [6.45, 7) is 2.00. The lowest BCUT2D eigenvalue weighted by Gasteiger charge is -2.15. The Morgan fingerprint density at radius 1 is 1.15 bits per heavy atom. The van der Waals surface area contributed by atoms with E-state index in [0.29, 0.717) is 27.0 Å². The van der Waals surface area contributed by atoms with Crippen molar-refractivity contribution in [3.05, 3.63) is 69.6 Å². The van der Waals surface area contributed by atoms with Crippen LogP contribution in [-0.2, 0) is 4.79 Å². The summed E-state index contributed by atoms with van der Waals surface area (Å²) in [6.07, 6.45) is 3.56. The number of imide groups is 1. The van der Waals surface area contributed by atoms with Crippen LogP contribution in [0.3, 0.4) is 0 Å². The number of benzene rings is 1. The summed E-state index contributed by atoms with van der Waals surface area (Å²) in [7, 11) is 0. The van der Waals surface area contributed by atoms with Gasteiger partial charge in [-0.15, -0.1) is 23.1 Å².